The van der Waals surface area contributed by atoms with Crippen LogP contribution in [0.4, 0.5) is 5.82 Å². The molecular weight excluding hydrogens is 509 g/mol. The number of hydrogen-bond donors (Lipinski definition) is 5. The zero-order valence-corrected chi connectivity index (χ0v) is 20.4. The van der Waals surface area contributed by atoms with Crippen molar-refractivity contribution in [3.63, 3.8) is 0 Å². The van der Waals surface area contributed by atoms with E-state index in [1.54, 1.807) is 0 Å². The van der Waals surface area contributed by atoms with Gasteiger partial charge in [-0.15, -0.1) is 0 Å². The molecule has 16 heteroatoms. The van der Waals surface area contributed by atoms with E-state index in [9.17, 15) is 29.4 Å². The lowest BCUT2D eigenvalue weighted by Crippen LogP contribution is -2.36. The highest BCUT2D eigenvalue weighted by Crippen LogP contribution is 2.43. The Bertz CT molecular complexity index is 1110. The predicted molar refractivity (Wildman–Crippen MR) is 121 cm³/mol. The van der Waals surface area contributed by atoms with Crippen molar-refractivity contribution in [3.05, 3.63) is 11.6 Å². The third-order valence-corrected chi connectivity index (χ3v) is 7.05. The summed E-state index contributed by atoms with van der Waals surface area (Å²) < 4.78 is 28.5. The summed E-state index contributed by atoms with van der Waals surface area (Å²) in [5.74, 6) is -3.00. The van der Waals surface area contributed by atoms with Crippen LogP contribution in [-0.2, 0) is 23.6 Å². The summed E-state index contributed by atoms with van der Waals surface area (Å²) in [5, 5.41) is 24.4. The van der Waals surface area contributed by atoms with E-state index in [1.165, 1.54) is 17.8 Å². The molecule has 1 saturated carbocycles. The van der Waals surface area contributed by atoms with Crippen molar-refractivity contribution in [3.8, 4) is 0 Å². The molecule has 0 spiro atoms. The number of hydrogen-bond acceptors (Lipinski definition) is 11. The van der Waals surface area contributed by atoms with Crippen molar-refractivity contribution in [1.82, 2.24) is 19.5 Å². The maximum Gasteiger partial charge on any atom is 0.365 e. The smallest absolute Gasteiger partial charge is 0.365 e. The van der Waals surface area contributed by atoms with Gasteiger partial charge in [-0.1, -0.05) is 12.8 Å². The zero-order chi connectivity index (χ0) is 25.3. The number of carbonyl (C=O) groups is 1. The summed E-state index contributed by atoms with van der Waals surface area (Å²) in [5.41, 5.74) is 0.651. The van der Waals surface area contributed by atoms with Crippen molar-refractivity contribution in [2.75, 3.05) is 18.5 Å². The van der Waals surface area contributed by atoms with Gasteiger partial charge < -0.3 is 39.5 Å². The third kappa shape index (κ3) is 5.59. The molecule has 2 aromatic rings. The first kappa shape index (κ1) is 26.2. The molecule has 0 bridgehead atoms. The molecule has 0 radical (unpaired) electrons. The maximum atomic E-state index is 11.9. The second-order valence-electron chi connectivity index (χ2n) is 8.36. The predicted octanol–water partition coefficient (Wildman–Crippen LogP) is 0.537. The van der Waals surface area contributed by atoms with Gasteiger partial charge in [-0.3, -0.25) is 9.13 Å². The molecule has 1 saturated heterocycles. The lowest BCUT2D eigenvalue weighted by molar-refractivity contribution is -0.155. The van der Waals surface area contributed by atoms with Crippen molar-refractivity contribution in [1.29, 1.82) is 0 Å². The molecule has 2 fully saturated rings. The molecule has 3 heterocycles. The van der Waals surface area contributed by atoms with E-state index in [-0.39, 0.29) is 23.6 Å². The normalized spacial score (nSPS) is 26.3. The number of carbonyl (C=O) groups excluding carboxylic acids is 1. The van der Waals surface area contributed by atoms with Gasteiger partial charge in [0.05, 0.1) is 19.5 Å². The number of aliphatic hydroxyl groups excluding tert-OH is 2. The SMILES string of the molecule is CCOC(=O)[C@H](OC[C@H]1O[C@@H](n2cnc3c(NC4CCCC4)nc(Cl)nc32)[C@H](O)[C@@H]1O)P(=O)(O)O. The van der Waals surface area contributed by atoms with Crippen LogP contribution in [0.5, 0.6) is 0 Å². The topological polar surface area (TPSA) is 198 Å². The number of nitrogens with one attached hydrogen (secondary N) is 1. The standard InChI is InChI=1S/C19H27ClN5O9P/c1-2-32-17(28)18(35(29,30)31)33-7-10-12(26)13(27)16(34-10)25-8-21-11-14(22-9-5-3-4-6-9)23-19(20)24-15(11)25/h8-10,12-13,16,18,26-27H,2-7H2,1H3,(H,22,23,24)(H2,29,30,31)/t10-,12-,13-,16-,18-/m1/s1. The molecule has 0 unspecified atom stereocenters. The van der Waals surface area contributed by atoms with E-state index in [4.69, 9.17) is 21.1 Å². The summed E-state index contributed by atoms with van der Waals surface area (Å²) in [7, 11) is -5.02. The third-order valence-electron chi connectivity index (χ3n) is 5.91. The summed E-state index contributed by atoms with van der Waals surface area (Å²) in [6, 6.07) is 0.229. The highest BCUT2D eigenvalue weighted by molar-refractivity contribution is 7.53. The largest absolute Gasteiger partial charge is 0.464 e. The van der Waals surface area contributed by atoms with Crippen LogP contribution >= 0.6 is 19.2 Å². The Morgan fingerprint density at radius 3 is 2.69 bits per heavy atom. The van der Waals surface area contributed by atoms with Crippen LogP contribution in [0, 0.1) is 0 Å². The van der Waals surface area contributed by atoms with Gasteiger partial charge in [-0.25, -0.2) is 9.78 Å². The second kappa shape index (κ2) is 10.6. The number of imidazole rings is 1. The number of esters is 1. The number of rotatable bonds is 9. The molecule has 2 aromatic heterocycles. The number of aromatic nitrogens is 4. The van der Waals surface area contributed by atoms with Crippen LogP contribution in [0.15, 0.2) is 6.33 Å². The molecule has 5 N–H and O–H groups in total. The zero-order valence-electron chi connectivity index (χ0n) is 18.7. The van der Waals surface area contributed by atoms with Crippen LogP contribution in [0.1, 0.15) is 38.8 Å². The van der Waals surface area contributed by atoms with Crippen LogP contribution in [0.25, 0.3) is 11.2 Å². The average Bonchev–Trinajstić information content (AvgIpc) is 3.49. The molecular formula is C19H27ClN5O9P. The minimum absolute atomic E-state index is 0.0495. The van der Waals surface area contributed by atoms with Crippen molar-refractivity contribution in [2.45, 2.75) is 69.0 Å². The fourth-order valence-electron chi connectivity index (χ4n) is 4.24. The number of halogens is 1. The number of fused-ring (bicyclic) bond motifs is 1. The first-order valence-electron chi connectivity index (χ1n) is 11.1. The fourth-order valence-corrected chi connectivity index (χ4v) is 5.03. The molecule has 2 aliphatic rings. The average molecular weight is 536 g/mol. The highest BCUT2D eigenvalue weighted by atomic mass is 35.5. The lowest BCUT2D eigenvalue weighted by atomic mass is 10.1. The molecule has 0 amide bonds. The van der Waals surface area contributed by atoms with Gasteiger partial charge in [-0.2, -0.15) is 9.97 Å². The first-order valence-corrected chi connectivity index (χ1v) is 13.2. The van der Waals surface area contributed by atoms with Gasteiger partial charge in [0.25, 0.3) is 5.85 Å². The van der Waals surface area contributed by atoms with Crippen molar-refractivity contribution in [2.24, 2.45) is 0 Å². The first-order chi connectivity index (χ1) is 16.6. The van der Waals surface area contributed by atoms with Gasteiger partial charge >= 0.3 is 13.6 Å². The molecule has 4 rings (SSSR count). The minimum atomic E-state index is -5.02. The Morgan fingerprint density at radius 1 is 1.31 bits per heavy atom. The van der Waals surface area contributed by atoms with Crippen LogP contribution in [-0.4, -0.2) is 88.9 Å². The molecule has 1 aliphatic carbocycles. The quantitative estimate of drug-likeness (QED) is 0.169. The van der Waals surface area contributed by atoms with Gasteiger partial charge in [-0.05, 0) is 31.4 Å². The van der Waals surface area contributed by atoms with Crippen molar-refractivity contribution < 1.29 is 43.6 Å². The maximum absolute atomic E-state index is 11.9. The van der Waals surface area contributed by atoms with E-state index in [0.29, 0.717) is 11.3 Å². The van der Waals surface area contributed by atoms with Crippen molar-refractivity contribution >= 4 is 42.1 Å². The van der Waals surface area contributed by atoms with E-state index in [0.717, 1.165) is 25.7 Å². The Hall–Kier alpha value is -1.90. The number of nitrogens with zero attached hydrogens (tertiary/aromatic N) is 4. The fraction of sp³-hybridized carbons (Fsp3) is 0.684. The second-order valence-corrected chi connectivity index (χ2v) is 10.3. The monoisotopic (exact) mass is 535 g/mol. The number of ether oxygens (including phenoxy) is 3. The van der Waals surface area contributed by atoms with Gasteiger partial charge in [0, 0.05) is 6.04 Å². The van der Waals surface area contributed by atoms with E-state index in [1.807, 2.05) is 0 Å². The van der Waals surface area contributed by atoms with Gasteiger partial charge in [0.15, 0.2) is 23.2 Å². The molecule has 14 nitrogen and oxygen atoms in total. The van der Waals surface area contributed by atoms with Crippen LogP contribution in [0.3, 0.4) is 0 Å². The summed E-state index contributed by atoms with van der Waals surface area (Å²) in [6.07, 6.45) is 0.160. The van der Waals surface area contributed by atoms with Gasteiger partial charge in [0.2, 0.25) is 5.28 Å². The van der Waals surface area contributed by atoms with Gasteiger partial charge in [0.1, 0.15) is 18.3 Å². The lowest BCUT2D eigenvalue weighted by Gasteiger charge is -2.21. The van der Waals surface area contributed by atoms with Crippen LogP contribution in [0.2, 0.25) is 5.28 Å². The Balaban J connectivity index is 1.53. The highest BCUT2D eigenvalue weighted by Gasteiger charge is 2.46. The van der Waals surface area contributed by atoms with Crippen LogP contribution < -0.4 is 5.32 Å². The summed E-state index contributed by atoms with van der Waals surface area (Å²) in [6.45, 7) is 0.747. The molecule has 0 aromatic carbocycles. The number of anilines is 1. The molecule has 1 aliphatic heterocycles. The van der Waals surface area contributed by atoms with E-state index < -0.39 is 50.6 Å². The Morgan fingerprint density at radius 2 is 2.03 bits per heavy atom. The van der Waals surface area contributed by atoms with E-state index in [2.05, 4.69) is 25.0 Å². The molecule has 5 atom stereocenters. The Labute approximate surface area is 204 Å². The molecule has 194 valence electrons. The summed E-state index contributed by atoms with van der Waals surface area (Å²) in [4.78, 5) is 43.5. The number of aliphatic hydroxyl groups is 2. The minimum Gasteiger partial charge on any atom is -0.464 e. The molecule has 35 heavy (non-hydrogen) atoms. The summed E-state index contributed by atoms with van der Waals surface area (Å²) >= 11 is 6.13. The van der Waals surface area contributed by atoms with E-state index >= 15 is 0 Å². The Kier molecular flexibility index (Phi) is 7.93.